The summed E-state index contributed by atoms with van der Waals surface area (Å²) in [4.78, 5) is 2.64. The van der Waals surface area contributed by atoms with E-state index >= 15 is 0 Å². The van der Waals surface area contributed by atoms with E-state index in [2.05, 4.69) is 37.9 Å². The van der Waals surface area contributed by atoms with Gasteiger partial charge in [-0.05, 0) is 40.0 Å². The van der Waals surface area contributed by atoms with Gasteiger partial charge in [-0.3, -0.25) is 4.90 Å². The summed E-state index contributed by atoms with van der Waals surface area (Å²) in [5.74, 6) is 0. The standard InChI is InChI=1S/C14H28N2O/c1-5-12-8-15-14(3,4)10-16(12)9-13-7-6-11(2)17-13/h11-13,15H,5-10H2,1-4H3. The minimum Gasteiger partial charge on any atom is -0.374 e. The first-order valence-corrected chi connectivity index (χ1v) is 7.14. The molecule has 1 N–H and O–H groups in total. The van der Waals surface area contributed by atoms with E-state index in [4.69, 9.17) is 4.74 Å². The number of nitrogens with one attached hydrogen (secondary N) is 1. The molecule has 3 nitrogen and oxygen atoms in total. The van der Waals surface area contributed by atoms with Crippen molar-refractivity contribution in [3.8, 4) is 0 Å². The van der Waals surface area contributed by atoms with Crippen LogP contribution in [0.15, 0.2) is 0 Å². The highest BCUT2D eigenvalue weighted by Gasteiger charge is 2.34. The number of hydrogen-bond donors (Lipinski definition) is 1. The molecule has 0 aromatic carbocycles. The van der Waals surface area contributed by atoms with Crippen molar-refractivity contribution in [1.29, 1.82) is 0 Å². The van der Waals surface area contributed by atoms with Crippen molar-refractivity contribution >= 4 is 0 Å². The molecule has 3 heteroatoms. The Kier molecular flexibility index (Phi) is 4.11. The third kappa shape index (κ3) is 3.43. The number of ether oxygens (including phenoxy) is 1. The van der Waals surface area contributed by atoms with Crippen molar-refractivity contribution in [2.24, 2.45) is 0 Å². The summed E-state index contributed by atoms with van der Waals surface area (Å²) in [5, 5.41) is 3.64. The lowest BCUT2D eigenvalue weighted by Gasteiger charge is -2.45. The lowest BCUT2D eigenvalue weighted by Crippen LogP contribution is -2.62. The molecule has 0 amide bonds. The fraction of sp³-hybridized carbons (Fsp3) is 1.00. The highest BCUT2D eigenvalue weighted by atomic mass is 16.5. The van der Waals surface area contributed by atoms with E-state index in [0.29, 0.717) is 18.2 Å². The van der Waals surface area contributed by atoms with Crippen LogP contribution in [0.3, 0.4) is 0 Å². The van der Waals surface area contributed by atoms with Gasteiger partial charge in [0, 0.05) is 31.2 Å². The predicted octanol–water partition coefficient (Wildman–Crippen LogP) is 2.02. The normalized spacial score (nSPS) is 38.5. The maximum absolute atomic E-state index is 5.96. The molecule has 100 valence electrons. The van der Waals surface area contributed by atoms with Crippen LogP contribution in [0.1, 0.15) is 47.0 Å². The van der Waals surface area contributed by atoms with Gasteiger partial charge in [0.05, 0.1) is 12.2 Å². The Labute approximate surface area is 106 Å². The Morgan fingerprint density at radius 1 is 1.35 bits per heavy atom. The molecular formula is C14H28N2O. The van der Waals surface area contributed by atoms with Crippen molar-refractivity contribution in [3.05, 3.63) is 0 Å². The summed E-state index contributed by atoms with van der Waals surface area (Å²) < 4.78 is 5.96. The van der Waals surface area contributed by atoms with Crippen LogP contribution in [0.2, 0.25) is 0 Å². The molecule has 0 saturated carbocycles. The van der Waals surface area contributed by atoms with Gasteiger partial charge in [-0.1, -0.05) is 6.92 Å². The fourth-order valence-corrected chi connectivity index (χ4v) is 3.11. The topological polar surface area (TPSA) is 24.5 Å². The summed E-state index contributed by atoms with van der Waals surface area (Å²) in [5.41, 5.74) is 0.246. The van der Waals surface area contributed by atoms with Crippen molar-refractivity contribution in [1.82, 2.24) is 10.2 Å². The van der Waals surface area contributed by atoms with Gasteiger partial charge >= 0.3 is 0 Å². The molecular weight excluding hydrogens is 212 g/mol. The molecule has 2 fully saturated rings. The average Bonchev–Trinajstić information content (AvgIpc) is 2.63. The smallest absolute Gasteiger partial charge is 0.0706 e. The molecule has 2 rings (SSSR count). The summed E-state index contributed by atoms with van der Waals surface area (Å²) in [6, 6.07) is 0.683. The maximum Gasteiger partial charge on any atom is 0.0706 e. The minimum absolute atomic E-state index is 0.246. The van der Waals surface area contributed by atoms with Crippen LogP contribution in [-0.2, 0) is 4.74 Å². The lowest BCUT2D eigenvalue weighted by molar-refractivity contribution is 0.00206. The van der Waals surface area contributed by atoms with Crippen LogP contribution in [0.4, 0.5) is 0 Å². The Morgan fingerprint density at radius 2 is 2.12 bits per heavy atom. The summed E-state index contributed by atoms with van der Waals surface area (Å²) in [6.45, 7) is 12.4. The molecule has 0 spiro atoms. The van der Waals surface area contributed by atoms with Crippen molar-refractivity contribution in [2.75, 3.05) is 19.6 Å². The van der Waals surface area contributed by atoms with Gasteiger partial charge in [0.15, 0.2) is 0 Å². The van der Waals surface area contributed by atoms with Crippen molar-refractivity contribution in [3.63, 3.8) is 0 Å². The molecule has 3 atom stereocenters. The van der Waals surface area contributed by atoms with Gasteiger partial charge < -0.3 is 10.1 Å². The molecule has 0 radical (unpaired) electrons. The number of nitrogens with zero attached hydrogens (tertiary/aromatic N) is 1. The molecule has 0 aromatic heterocycles. The van der Waals surface area contributed by atoms with Crippen LogP contribution in [0.25, 0.3) is 0 Å². The molecule has 2 saturated heterocycles. The van der Waals surface area contributed by atoms with Gasteiger partial charge in [0.1, 0.15) is 0 Å². The van der Waals surface area contributed by atoms with E-state index in [1.54, 1.807) is 0 Å². The quantitative estimate of drug-likeness (QED) is 0.817. The summed E-state index contributed by atoms with van der Waals surface area (Å²) in [7, 11) is 0. The van der Waals surface area contributed by atoms with Gasteiger partial charge in [-0.15, -0.1) is 0 Å². The molecule has 17 heavy (non-hydrogen) atoms. The van der Waals surface area contributed by atoms with Gasteiger partial charge in [0.25, 0.3) is 0 Å². The molecule has 3 unspecified atom stereocenters. The zero-order chi connectivity index (χ0) is 12.5. The van der Waals surface area contributed by atoms with Crippen molar-refractivity contribution < 1.29 is 4.74 Å². The zero-order valence-corrected chi connectivity index (χ0v) is 11.8. The maximum atomic E-state index is 5.96. The first kappa shape index (κ1) is 13.3. The van der Waals surface area contributed by atoms with Crippen molar-refractivity contribution in [2.45, 2.75) is 70.7 Å². The molecule has 0 aromatic rings. The molecule has 2 aliphatic heterocycles. The Hall–Kier alpha value is -0.120. The van der Waals surface area contributed by atoms with Gasteiger partial charge in [-0.25, -0.2) is 0 Å². The van der Waals surface area contributed by atoms with Crippen LogP contribution in [0, 0.1) is 0 Å². The summed E-state index contributed by atoms with van der Waals surface area (Å²) in [6.07, 6.45) is 4.63. The average molecular weight is 240 g/mol. The Morgan fingerprint density at radius 3 is 2.71 bits per heavy atom. The first-order chi connectivity index (χ1) is 8.00. The van der Waals surface area contributed by atoms with Gasteiger partial charge in [0.2, 0.25) is 0 Å². The summed E-state index contributed by atoms with van der Waals surface area (Å²) >= 11 is 0. The number of rotatable bonds is 3. The predicted molar refractivity (Wildman–Crippen MR) is 71.3 cm³/mol. The monoisotopic (exact) mass is 240 g/mol. The zero-order valence-electron chi connectivity index (χ0n) is 11.8. The highest BCUT2D eigenvalue weighted by molar-refractivity contribution is 4.93. The van der Waals surface area contributed by atoms with Gasteiger partial charge in [-0.2, -0.15) is 0 Å². The minimum atomic E-state index is 0.246. The van der Waals surface area contributed by atoms with Crippen LogP contribution in [-0.4, -0.2) is 48.3 Å². The molecule has 0 aliphatic carbocycles. The van der Waals surface area contributed by atoms with E-state index in [-0.39, 0.29) is 5.54 Å². The van der Waals surface area contributed by atoms with E-state index in [1.807, 2.05) is 0 Å². The van der Waals surface area contributed by atoms with E-state index in [9.17, 15) is 0 Å². The third-order valence-corrected chi connectivity index (χ3v) is 4.16. The first-order valence-electron chi connectivity index (χ1n) is 7.14. The fourth-order valence-electron chi connectivity index (χ4n) is 3.11. The van der Waals surface area contributed by atoms with Crippen LogP contribution >= 0.6 is 0 Å². The van der Waals surface area contributed by atoms with Crippen LogP contribution < -0.4 is 5.32 Å². The third-order valence-electron chi connectivity index (χ3n) is 4.16. The molecule has 2 heterocycles. The van der Waals surface area contributed by atoms with E-state index in [1.165, 1.54) is 19.3 Å². The van der Waals surface area contributed by atoms with E-state index < -0.39 is 0 Å². The lowest BCUT2D eigenvalue weighted by atomic mass is 9.97. The Bertz CT molecular complexity index is 255. The molecule has 0 bridgehead atoms. The second kappa shape index (κ2) is 5.25. The molecule has 2 aliphatic rings. The Balaban J connectivity index is 1.91. The largest absolute Gasteiger partial charge is 0.374 e. The second-order valence-electron chi connectivity index (χ2n) is 6.40. The second-order valence-corrected chi connectivity index (χ2v) is 6.40. The van der Waals surface area contributed by atoms with E-state index in [0.717, 1.165) is 19.6 Å². The number of piperazine rings is 1. The SMILES string of the molecule is CCC1CNC(C)(C)CN1CC1CCC(C)O1. The van der Waals surface area contributed by atoms with Crippen LogP contribution in [0.5, 0.6) is 0 Å². The highest BCUT2D eigenvalue weighted by Crippen LogP contribution is 2.23. The number of hydrogen-bond acceptors (Lipinski definition) is 3.